The number of nitro groups is 1. The molecule has 0 spiro atoms. The molecule has 0 bridgehead atoms. The normalized spacial score (nSPS) is 11.1. The van der Waals surface area contributed by atoms with E-state index < -0.39 is 27.4 Å². The number of amides is 1. The van der Waals surface area contributed by atoms with Gasteiger partial charge in [-0.15, -0.1) is 0 Å². The number of ether oxygens (including phenoxy) is 2. The van der Waals surface area contributed by atoms with Crippen LogP contribution in [0.15, 0.2) is 89.4 Å². The van der Waals surface area contributed by atoms with Crippen molar-refractivity contribution >= 4 is 33.5 Å². The van der Waals surface area contributed by atoms with Crippen molar-refractivity contribution < 1.29 is 27.6 Å². The molecule has 1 N–H and O–H groups in total. The van der Waals surface area contributed by atoms with Crippen LogP contribution in [0.2, 0.25) is 0 Å². The highest BCUT2D eigenvalue weighted by Gasteiger charge is 2.29. The van der Waals surface area contributed by atoms with Gasteiger partial charge < -0.3 is 9.47 Å². The largest absolute Gasteiger partial charge is 0.497 e. The number of aryl methyl sites for hydroxylation is 1. The second-order valence-corrected chi connectivity index (χ2v) is 9.74. The third-order valence-electron chi connectivity index (χ3n) is 5.26. The predicted molar refractivity (Wildman–Crippen MR) is 143 cm³/mol. The molecule has 38 heavy (non-hydrogen) atoms. The number of sulfonamides is 1. The molecule has 198 valence electrons. The van der Waals surface area contributed by atoms with Crippen LogP contribution in [0.5, 0.6) is 11.5 Å². The minimum absolute atomic E-state index is 0.156. The minimum Gasteiger partial charge on any atom is -0.497 e. The Kier molecular flexibility index (Phi) is 9.17. The van der Waals surface area contributed by atoms with E-state index >= 15 is 0 Å². The minimum atomic E-state index is -4.38. The summed E-state index contributed by atoms with van der Waals surface area (Å²) >= 11 is 0. The lowest BCUT2D eigenvalue weighted by Crippen LogP contribution is -2.39. The second kappa shape index (κ2) is 12.5. The highest BCUT2D eigenvalue weighted by Crippen LogP contribution is 2.29. The van der Waals surface area contributed by atoms with Crippen LogP contribution < -0.4 is 19.2 Å². The molecule has 3 rings (SSSR count). The fraction of sp³-hybridized carbons (Fsp3) is 0.154. The van der Waals surface area contributed by atoms with Crippen LogP contribution in [0.4, 0.5) is 11.4 Å². The first-order chi connectivity index (χ1) is 18.1. The summed E-state index contributed by atoms with van der Waals surface area (Å²) in [5.41, 5.74) is 3.09. The van der Waals surface area contributed by atoms with E-state index in [-0.39, 0.29) is 16.3 Å². The molecule has 0 aliphatic heterocycles. The summed E-state index contributed by atoms with van der Waals surface area (Å²) in [7, 11) is -2.92. The lowest BCUT2D eigenvalue weighted by molar-refractivity contribution is -0.385. The average molecular weight is 539 g/mol. The number of methoxy groups -OCH3 is 1. The smallest absolute Gasteiger partial charge is 0.273 e. The molecule has 0 aliphatic rings. The molecule has 0 fully saturated rings. The molecule has 3 aromatic rings. The van der Waals surface area contributed by atoms with E-state index in [1.807, 2.05) is 0 Å². The second-order valence-electron chi connectivity index (χ2n) is 7.88. The summed E-state index contributed by atoms with van der Waals surface area (Å²) in [6, 6.07) is 16.5. The maximum Gasteiger partial charge on any atom is 0.273 e. The highest BCUT2D eigenvalue weighted by molar-refractivity contribution is 7.92. The predicted octanol–water partition coefficient (Wildman–Crippen LogP) is 3.82. The van der Waals surface area contributed by atoms with E-state index in [2.05, 4.69) is 17.1 Å². The molecule has 0 saturated heterocycles. The average Bonchev–Trinajstić information content (AvgIpc) is 2.91. The SMILES string of the molecule is C=CCOc1ccc(/C=N/NC(=O)CN(c2ccc(OC)cc2)S(=O)(=O)c2ccc(C)c([N+](=O)[O-])c2)cc1. The fourth-order valence-corrected chi connectivity index (χ4v) is 4.73. The van der Waals surface area contributed by atoms with Crippen LogP contribution >= 0.6 is 0 Å². The summed E-state index contributed by atoms with van der Waals surface area (Å²) in [6.45, 7) is 4.82. The van der Waals surface area contributed by atoms with Gasteiger partial charge in [0.1, 0.15) is 24.7 Å². The first kappa shape index (κ1) is 27.9. The number of hydrogen-bond donors (Lipinski definition) is 1. The van der Waals surface area contributed by atoms with Crippen molar-refractivity contribution in [1.29, 1.82) is 0 Å². The van der Waals surface area contributed by atoms with Gasteiger partial charge in [-0.1, -0.05) is 18.7 Å². The zero-order valence-corrected chi connectivity index (χ0v) is 21.6. The monoisotopic (exact) mass is 538 g/mol. The van der Waals surface area contributed by atoms with Gasteiger partial charge >= 0.3 is 0 Å². The van der Waals surface area contributed by atoms with E-state index in [9.17, 15) is 23.3 Å². The molecule has 0 aromatic heterocycles. The first-order valence-electron chi connectivity index (χ1n) is 11.2. The molecule has 0 aliphatic carbocycles. The molecule has 0 saturated carbocycles. The van der Waals surface area contributed by atoms with Crippen LogP contribution in [0, 0.1) is 17.0 Å². The number of carbonyl (C=O) groups excluding carboxylic acids is 1. The topological polar surface area (TPSA) is 140 Å². The van der Waals surface area contributed by atoms with Gasteiger partial charge in [-0.25, -0.2) is 13.8 Å². The lowest BCUT2D eigenvalue weighted by atomic mass is 10.2. The summed E-state index contributed by atoms with van der Waals surface area (Å²) in [6.07, 6.45) is 3.02. The maximum atomic E-state index is 13.5. The van der Waals surface area contributed by atoms with E-state index in [0.717, 1.165) is 10.4 Å². The van der Waals surface area contributed by atoms with Gasteiger partial charge in [-0.05, 0) is 67.1 Å². The number of nitrogens with zero attached hydrogens (tertiary/aromatic N) is 3. The summed E-state index contributed by atoms with van der Waals surface area (Å²) < 4.78 is 38.5. The Bertz CT molecular complexity index is 1440. The number of benzene rings is 3. The third kappa shape index (κ3) is 6.95. The first-order valence-corrected chi connectivity index (χ1v) is 12.7. The lowest BCUT2D eigenvalue weighted by Gasteiger charge is -2.24. The van der Waals surface area contributed by atoms with Crippen LogP contribution in [0.1, 0.15) is 11.1 Å². The number of hydrazone groups is 1. The third-order valence-corrected chi connectivity index (χ3v) is 7.03. The number of nitrogens with one attached hydrogen (secondary N) is 1. The molecule has 0 heterocycles. The number of hydrogen-bond acceptors (Lipinski definition) is 8. The molecule has 1 amide bonds. The summed E-state index contributed by atoms with van der Waals surface area (Å²) in [5.74, 6) is 0.392. The highest BCUT2D eigenvalue weighted by atomic mass is 32.2. The van der Waals surface area contributed by atoms with Crippen molar-refractivity contribution in [2.75, 3.05) is 24.6 Å². The van der Waals surface area contributed by atoms with E-state index in [0.29, 0.717) is 29.2 Å². The molecule has 0 atom stereocenters. The van der Waals surface area contributed by atoms with E-state index in [4.69, 9.17) is 9.47 Å². The van der Waals surface area contributed by atoms with Gasteiger partial charge in [-0.2, -0.15) is 5.10 Å². The van der Waals surface area contributed by atoms with Gasteiger partial charge in [0.15, 0.2) is 0 Å². The molecular formula is C26H26N4O7S. The fourth-order valence-electron chi connectivity index (χ4n) is 3.29. The Balaban J connectivity index is 1.84. The zero-order chi connectivity index (χ0) is 27.7. The summed E-state index contributed by atoms with van der Waals surface area (Å²) in [5, 5.41) is 15.3. The Morgan fingerprint density at radius 2 is 1.76 bits per heavy atom. The molecular weight excluding hydrogens is 512 g/mol. The van der Waals surface area contributed by atoms with Crippen molar-refractivity contribution in [3.8, 4) is 11.5 Å². The molecule has 12 heteroatoms. The van der Waals surface area contributed by atoms with Crippen molar-refractivity contribution in [3.05, 3.63) is 101 Å². The van der Waals surface area contributed by atoms with Gasteiger partial charge in [0.05, 0.1) is 28.8 Å². The van der Waals surface area contributed by atoms with Crippen LogP contribution in [0.3, 0.4) is 0 Å². The number of anilines is 1. The van der Waals surface area contributed by atoms with Crippen molar-refractivity contribution in [1.82, 2.24) is 5.43 Å². The number of nitro benzene ring substituents is 1. The number of rotatable bonds is 12. The van der Waals surface area contributed by atoms with Crippen molar-refractivity contribution in [3.63, 3.8) is 0 Å². The van der Waals surface area contributed by atoms with Crippen LogP contribution in [-0.2, 0) is 14.8 Å². The number of carbonyl (C=O) groups is 1. The quantitative estimate of drug-likeness (QED) is 0.160. The zero-order valence-electron chi connectivity index (χ0n) is 20.7. The van der Waals surface area contributed by atoms with E-state index in [1.54, 1.807) is 30.3 Å². The van der Waals surface area contributed by atoms with Gasteiger partial charge in [0.25, 0.3) is 21.6 Å². The Morgan fingerprint density at radius 3 is 2.37 bits per heavy atom. The molecule has 0 unspecified atom stereocenters. The standard InChI is InChI=1S/C26H26N4O7S/c1-4-15-37-23-10-6-20(7-11-23)17-27-28-26(31)18-29(21-8-12-22(36-3)13-9-21)38(34,35)24-14-5-19(2)25(16-24)30(32)33/h4-14,16-17H,1,15,18H2,2-3H3,(H,28,31)/b27-17+. The van der Waals surface area contributed by atoms with Crippen molar-refractivity contribution in [2.45, 2.75) is 11.8 Å². The molecule has 11 nitrogen and oxygen atoms in total. The van der Waals surface area contributed by atoms with Crippen LogP contribution in [0.25, 0.3) is 0 Å². The van der Waals surface area contributed by atoms with Gasteiger partial charge in [0.2, 0.25) is 0 Å². The molecule has 3 aromatic carbocycles. The van der Waals surface area contributed by atoms with Crippen LogP contribution in [-0.4, -0.2) is 45.7 Å². The Morgan fingerprint density at radius 1 is 1.11 bits per heavy atom. The van der Waals surface area contributed by atoms with E-state index in [1.165, 1.54) is 56.6 Å². The maximum absolute atomic E-state index is 13.5. The molecule has 0 radical (unpaired) electrons. The van der Waals surface area contributed by atoms with Crippen molar-refractivity contribution in [2.24, 2.45) is 5.10 Å². The van der Waals surface area contributed by atoms with Gasteiger partial charge in [-0.3, -0.25) is 19.2 Å². The Hall–Kier alpha value is -4.71. The Labute approximate surface area is 220 Å². The summed E-state index contributed by atoms with van der Waals surface area (Å²) in [4.78, 5) is 23.1. The van der Waals surface area contributed by atoms with Gasteiger partial charge in [0, 0.05) is 11.6 Å².